The van der Waals surface area contributed by atoms with Crippen LogP contribution in [0.2, 0.25) is 5.02 Å². The maximum atomic E-state index is 6.12. The minimum absolute atomic E-state index is 0.340. The molecule has 1 nitrogen and oxygen atoms in total. The topological polar surface area (TPSA) is 12.4 Å². The van der Waals surface area contributed by atoms with Gasteiger partial charge in [0.05, 0.1) is 11.4 Å². The first-order chi connectivity index (χ1) is 12.3. The van der Waals surface area contributed by atoms with Crippen LogP contribution in [0.15, 0.2) is 82.7 Å². The number of hydrogen-bond acceptors (Lipinski definition) is 2. The molecule has 0 N–H and O–H groups in total. The van der Waals surface area contributed by atoms with Crippen LogP contribution < -0.4 is 0 Å². The van der Waals surface area contributed by atoms with E-state index >= 15 is 0 Å². The number of nitrogens with zero attached hydrogens (tertiary/aromatic N) is 1. The Morgan fingerprint density at radius 3 is 2.52 bits per heavy atom. The maximum Gasteiger partial charge on any atom is 0.0769 e. The van der Waals surface area contributed by atoms with Crippen LogP contribution in [0.3, 0.4) is 0 Å². The van der Waals surface area contributed by atoms with E-state index < -0.39 is 0 Å². The fourth-order valence-corrected chi connectivity index (χ4v) is 5.30. The van der Waals surface area contributed by atoms with Gasteiger partial charge in [0, 0.05) is 21.1 Å². The van der Waals surface area contributed by atoms with Crippen LogP contribution in [-0.4, -0.2) is 5.71 Å². The molecule has 0 saturated carbocycles. The zero-order valence-electron chi connectivity index (χ0n) is 13.5. The van der Waals surface area contributed by atoms with Crippen LogP contribution in [-0.2, 0) is 6.42 Å². The van der Waals surface area contributed by atoms with E-state index in [1.54, 1.807) is 0 Å². The zero-order chi connectivity index (χ0) is 16.8. The van der Waals surface area contributed by atoms with Crippen LogP contribution in [0.5, 0.6) is 0 Å². The van der Waals surface area contributed by atoms with E-state index in [2.05, 4.69) is 60.7 Å². The van der Waals surface area contributed by atoms with Crippen LogP contribution in [0.4, 0.5) is 5.69 Å². The van der Waals surface area contributed by atoms with Crippen molar-refractivity contribution < 1.29 is 0 Å². The van der Waals surface area contributed by atoms with Crippen molar-refractivity contribution in [3.63, 3.8) is 0 Å². The lowest BCUT2D eigenvalue weighted by molar-refractivity contribution is 0.694. The Hall–Kier alpha value is -2.03. The SMILES string of the molecule is Clc1ccc([C@@H]2Sc3ccccc3N=C3c4ccccc4C[C@H]32)cc1. The second-order valence-electron chi connectivity index (χ2n) is 6.52. The van der Waals surface area contributed by atoms with E-state index in [9.17, 15) is 0 Å². The van der Waals surface area contributed by atoms with Crippen molar-refractivity contribution in [1.29, 1.82) is 0 Å². The highest BCUT2D eigenvalue weighted by atomic mass is 35.5. The molecular formula is C22H16ClNS. The summed E-state index contributed by atoms with van der Waals surface area (Å²) in [5, 5.41) is 1.12. The molecule has 122 valence electrons. The minimum Gasteiger partial charge on any atom is -0.251 e. The number of thioether (sulfide) groups is 1. The van der Waals surface area contributed by atoms with Gasteiger partial charge in [0.15, 0.2) is 0 Å². The number of para-hydroxylation sites is 1. The van der Waals surface area contributed by atoms with Gasteiger partial charge >= 0.3 is 0 Å². The molecule has 3 aromatic rings. The average Bonchev–Trinajstić information content (AvgIpc) is 2.92. The number of fused-ring (bicyclic) bond motifs is 4. The Labute approximate surface area is 156 Å². The second-order valence-corrected chi connectivity index (χ2v) is 8.14. The quantitative estimate of drug-likeness (QED) is 0.483. The fraction of sp³-hybridized carbons (Fsp3) is 0.136. The molecule has 5 rings (SSSR count). The number of aliphatic imine (C=N–C) groups is 1. The molecule has 0 fully saturated rings. The van der Waals surface area contributed by atoms with Gasteiger partial charge in [-0.25, -0.2) is 0 Å². The van der Waals surface area contributed by atoms with Crippen molar-refractivity contribution in [3.05, 3.63) is 94.5 Å². The van der Waals surface area contributed by atoms with E-state index in [0.29, 0.717) is 11.2 Å². The van der Waals surface area contributed by atoms with Crippen molar-refractivity contribution in [1.82, 2.24) is 0 Å². The van der Waals surface area contributed by atoms with Crippen molar-refractivity contribution in [2.45, 2.75) is 16.6 Å². The molecule has 25 heavy (non-hydrogen) atoms. The summed E-state index contributed by atoms with van der Waals surface area (Å²) in [6.45, 7) is 0. The number of benzene rings is 3. The highest BCUT2D eigenvalue weighted by Gasteiger charge is 2.37. The molecule has 1 heterocycles. The van der Waals surface area contributed by atoms with Gasteiger partial charge in [-0.3, -0.25) is 4.99 Å². The van der Waals surface area contributed by atoms with Gasteiger partial charge in [-0.1, -0.05) is 60.1 Å². The Morgan fingerprint density at radius 2 is 1.64 bits per heavy atom. The summed E-state index contributed by atoms with van der Waals surface area (Å²) in [4.78, 5) is 6.36. The van der Waals surface area contributed by atoms with E-state index in [0.717, 1.165) is 17.1 Å². The normalized spacial score (nSPS) is 20.9. The first-order valence-electron chi connectivity index (χ1n) is 8.47. The van der Waals surface area contributed by atoms with E-state index in [-0.39, 0.29) is 0 Å². The van der Waals surface area contributed by atoms with Gasteiger partial charge in [0.25, 0.3) is 0 Å². The number of halogens is 1. The molecule has 1 aliphatic heterocycles. The summed E-state index contributed by atoms with van der Waals surface area (Å²) in [6.07, 6.45) is 1.04. The number of rotatable bonds is 1. The van der Waals surface area contributed by atoms with Gasteiger partial charge in [-0.15, -0.1) is 11.8 Å². The highest BCUT2D eigenvalue weighted by Crippen LogP contribution is 2.51. The third-order valence-electron chi connectivity index (χ3n) is 5.01. The summed E-state index contributed by atoms with van der Waals surface area (Å²) in [6, 6.07) is 25.5. The molecule has 0 saturated heterocycles. The molecular weight excluding hydrogens is 346 g/mol. The predicted octanol–water partition coefficient (Wildman–Crippen LogP) is 6.48. The molecule has 0 spiro atoms. The second kappa shape index (κ2) is 6.05. The average molecular weight is 362 g/mol. The lowest BCUT2D eigenvalue weighted by Crippen LogP contribution is -2.16. The highest BCUT2D eigenvalue weighted by molar-refractivity contribution is 7.99. The fourth-order valence-electron chi connectivity index (χ4n) is 3.83. The van der Waals surface area contributed by atoms with Gasteiger partial charge < -0.3 is 0 Å². The lowest BCUT2D eigenvalue weighted by Gasteiger charge is -2.22. The molecule has 3 aromatic carbocycles. The molecule has 0 amide bonds. The Bertz CT molecular complexity index is 977. The van der Waals surface area contributed by atoms with Gasteiger partial charge in [0.2, 0.25) is 0 Å². The van der Waals surface area contributed by atoms with Crippen LogP contribution >= 0.6 is 23.4 Å². The summed E-state index contributed by atoms with van der Waals surface area (Å²) < 4.78 is 0. The van der Waals surface area contributed by atoms with E-state index in [1.807, 2.05) is 23.9 Å². The molecule has 0 bridgehead atoms. The van der Waals surface area contributed by atoms with Gasteiger partial charge in [-0.05, 0) is 47.4 Å². The summed E-state index contributed by atoms with van der Waals surface area (Å²) in [7, 11) is 0. The van der Waals surface area contributed by atoms with Crippen molar-refractivity contribution in [3.8, 4) is 0 Å². The Morgan fingerprint density at radius 1 is 0.880 bits per heavy atom. The maximum absolute atomic E-state index is 6.12. The summed E-state index contributed by atoms with van der Waals surface area (Å²) in [5.74, 6) is 0.385. The van der Waals surface area contributed by atoms with Gasteiger partial charge in [0.1, 0.15) is 0 Å². The van der Waals surface area contributed by atoms with Crippen molar-refractivity contribution >= 4 is 34.8 Å². The molecule has 0 unspecified atom stereocenters. The predicted molar refractivity (Wildman–Crippen MR) is 106 cm³/mol. The minimum atomic E-state index is 0.340. The van der Waals surface area contributed by atoms with Crippen LogP contribution in [0.25, 0.3) is 0 Å². The van der Waals surface area contributed by atoms with Crippen LogP contribution in [0.1, 0.15) is 21.9 Å². The lowest BCUT2D eigenvalue weighted by atomic mass is 9.94. The smallest absolute Gasteiger partial charge is 0.0769 e. The van der Waals surface area contributed by atoms with E-state index in [1.165, 1.54) is 27.3 Å². The summed E-state index contributed by atoms with van der Waals surface area (Å²) in [5.41, 5.74) is 6.35. The molecule has 0 aromatic heterocycles. The van der Waals surface area contributed by atoms with Crippen LogP contribution in [0, 0.1) is 5.92 Å². The Kier molecular flexibility index (Phi) is 3.69. The van der Waals surface area contributed by atoms with Crippen molar-refractivity contribution in [2.24, 2.45) is 10.9 Å². The molecule has 2 atom stereocenters. The first kappa shape index (κ1) is 15.2. The monoisotopic (exact) mass is 361 g/mol. The third kappa shape index (κ3) is 2.61. The molecule has 0 radical (unpaired) electrons. The molecule has 2 aliphatic rings. The summed E-state index contributed by atoms with van der Waals surface area (Å²) >= 11 is 8.04. The third-order valence-corrected chi connectivity index (χ3v) is 6.71. The van der Waals surface area contributed by atoms with Gasteiger partial charge in [-0.2, -0.15) is 0 Å². The Balaban J connectivity index is 1.70. The molecule has 1 aliphatic carbocycles. The number of hydrogen-bond donors (Lipinski definition) is 0. The van der Waals surface area contributed by atoms with E-state index in [4.69, 9.17) is 16.6 Å². The molecule has 3 heteroatoms. The standard InChI is InChI=1S/C22H16ClNS/c23-16-11-9-14(10-12-16)22-18-13-15-5-1-2-6-17(15)21(18)24-19-7-3-4-8-20(19)25-22/h1-12,18,22H,13H2/t18-,22+/m1/s1. The first-order valence-corrected chi connectivity index (χ1v) is 9.73. The zero-order valence-corrected chi connectivity index (χ0v) is 15.1. The van der Waals surface area contributed by atoms with Crippen molar-refractivity contribution in [2.75, 3.05) is 0 Å². The largest absolute Gasteiger partial charge is 0.251 e.